The number of hydrogen-bond donors (Lipinski definition) is 0. The molecule has 0 bridgehead atoms. The van der Waals surface area contributed by atoms with Crippen LogP contribution in [0, 0.1) is 12.8 Å². The molecule has 5 nitrogen and oxygen atoms in total. The highest BCUT2D eigenvalue weighted by Gasteiger charge is 2.26. The third-order valence-electron chi connectivity index (χ3n) is 5.62. The summed E-state index contributed by atoms with van der Waals surface area (Å²) < 4.78 is 0. The maximum Gasteiger partial charge on any atom is 0.147 e. The van der Waals surface area contributed by atoms with Crippen molar-refractivity contribution in [2.45, 2.75) is 46.1 Å². The molecule has 3 aromatic rings. The van der Waals surface area contributed by atoms with Gasteiger partial charge in [-0.25, -0.2) is 0 Å². The lowest BCUT2D eigenvalue weighted by Crippen LogP contribution is -2.40. The normalized spacial score (nSPS) is 16.1. The van der Waals surface area contributed by atoms with Crippen molar-refractivity contribution in [2.24, 2.45) is 5.92 Å². The molecule has 0 saturated carbocycles. The lowest BCUT2D eigenvalue weighted by atomic mass is 9.89. The SMILES string of the molecule is Cc1nnc(-c2ccc3cnc(CC(=O)C4CCN(C(C)C)CC4)cc3c2)s1. The van der Waals surface area contributed by atoms with Crippen molar-refractivity contribution in [2.75, 3.05) is 13.1 Å². The second kappa shape index (κ2) is 8.05. The molecule has 0 amide bonds. The number of rotatable bonds is 5. The van der Waals surface area contributed by atoms with Crippen LogP contribution in [0.15, 0.2) is 30.5 Å². The maximum absolute atomic E-state index is 12.8. The van der Waals surface area contributed by atoms with Gasteiger partial charge in [0.25, 0.3) is 0 Å². The molecular weight excluding hydrogens is 368 g/mol. The molecule has 0 atom stereocenters. The summed E-state index contributed by atoms with van der Waals surface area (Å²) in [5.41, 5.74) is 1.91. The Kier molecular flexibility index (Phi) is 5.51. The summed E-state index contributed by atoms with van der Waals surface area (Å²) in [6.07, 6.45) is 4.22. The van der Waals surface area contributed by atoms with E-state index in [1.54, 1.807) is 11.3 Å². The molecule has 146 valence electrons. The molecule has 0 spiro atoms. The average Bonchev–Trinajstić information content (AvgIpc) is 3.14. The van der Waals surface area contributed by atoms with E-state index in [9.17, 15) is 4.79 Å². The van der Waals surface area contributed by atoms with Gasteiger partial charge in [-0.15, -0.1) is 10.2 Å². The van der Waals surface area contributed by atoms with E-state index in [-0.39, 0.29) is 5.92 Å². The first-order valence-electron chi connectivity index (χ1n) is 9.95. The number of fused-ring (bicyclic) bond motifs is 1. The molecular formula is C22H26N4OS. The fraction of sp³-hybridized carbons (Fsp3) is 0.455. The standard InChI is InChI=1S/C22H26N4OS/c1-14(2)26-8-6-16(7-9-26)21(27)12-20-11-19-10-17(4-5-18(19)13-23-20)22-25-24-15(3)28-22/h4-5,10-11,13-14,16H,6-9,12H2,1-3H3. The highest BCUT2D eigenvalue weighted by atomic mass is 32.1. The number of ketones is 1. The second-order valence-corrected chi connectivity index (χ2v) is 9.09. The summed E-state index contributed by atoms with van der Waals surface area (Å²) in [6, 6.07) is 8.84. The number of pyridine rings is 1. The van der Waals surface area contributed by atoms with Crippen molar-refractivity contribution in [3.8, 4) is 10.6 Å². The molecule has 1 saturated heterocycles. The zero-order chi connectivity index (χ0) is 19.7. The van der Waals surface area contributed by atoms with Crippen molar-refractivity contribution >= 4 is 27.9 Å². The minimum Gasteiger partial charge on any atom is -0.301 e. The third-order valence-corrected chi connectivity index (χ3v) is 6.51. The van der Waals surface area contributed by atoms with Crippen LogP contribution in [-0.2, 0) is 11.2 Å². The molecule has 4 rings (SSSR count). The van der Waals surface area contributed by atoms with E-state index in [1.165, 1.54) is 0 Å². The van der Waals surface area contributed by atoms with Crippen LogP contribution in [0.4, 0.5) is 0 Å². The number of nitrogens with zero attached hydrogens (tertiary/aromatic N) is 4. The summed E-state index contributed by atoms with van der Waals surface area (Å²) >= 11 is 1.59. The first-order chi connectivity index (χ1) is 13.5. The van der Waals surface area contributed by atoms with Crippen LogP contribution in [0.5, 0.6) is 0 Å². The Bertz CT molecular complexity index is 989. The largest absolute Gasteiger partial charge is 0.301 e. The first kappa shape index (κ1) is 19.2. The fourth-order valence-electron chi connectivity index (χ4n) is 3.89. The molecule has 2 aromatic heterocycles. The molecule has 1 aromatic carbocycles. The Labute approximate surface area is 169 Å². The summed E-state index contributed by atoms with van der Waals surface area (Å²) in [7, 11) is 0. The number of aryl methyl sites for hydroxylation is 1. The molecule has 0 radical (unpaired) electrons. The molecule has 1 fully saturated rings. The zero-order valence-electron chi connectivity index (χ0n) is 16.7. The van der Waals surface area contributed by atoms with Gasteiger partial charge in [-0.3, -0.25) is 9.78 Å². The number of Topliss-reactive ketones (excluding diaryl/α,β-unsaturated/α-hetero) is 1. The lowest BCUT2D eigenvalue weighted by molar-refractivity contribution is -0.123. The number of likely N-dealkylation sites (tertiary alicyclic amines) is 1. The number of piperidine rings is 1. The Hall–Kier alpha value is -2.18. The summed E-state index contributed by atoms with van der Waals surface area (Å²) in [5, 5.41) is 12.4. The van der Waals surface area contributed by atoms with Crippen LogP contribution in [0.25, 0.3) is 21.3 Å². The molecule has 0 N–H and O–H groups in total. The van der Waals surface area contributed by atoms with Crippen LogP contribution < -0.4 is 0 Å². The summed E-state index contributed by atoms with van der Waals surface area (Å²) in [6.45, 7) is 8.44. The molecule has 28 heavy (non-hydrogen) atoms. The van der Waals surface area contributed by atoms with Gasteiger partial charge < -0.3 is 4.90 Å². The molecule has 1 aliphatic heterocycles. The van der Waals surface area contributed by atoms with Crippen LogP contribution in [0.2, 0.25) is 0 Å². The van der Waals surface area contributed by atoms with Crippen LogP contribution in [0.1, 0.15) is 37.4 Å². The second-order valence-electron chi connectivity index (χ2n) is 7.91. The van der Waals surface area contributed by atoms with Crippen molar-refractivity contribution in [3.63, 3.8) is 0 Å². The van der Waals surface area contributed by atoms with E-state index in [0.717, 1.165) is 58.0 Å². The Balaban J connectivity index is 1.49. The Morgan fingerprint density at radius 3 is 2.64 bits per heavy atom. The quantitative estimate of drug-likeness (QED) is 0.646. The Morgan fingerprint density at radius 2 is 1.96 bits per heavy atom. The van der Waals surface area contributed by atoms with Gasteiger partial charge in [0.2, 0.25) is 0 Å². The highest BCUT2D eigenvalue weighted by molar-refractivity contribution is 7.14. The average molecular weight is 395 g/mol. The number of benzene rings is 1. The van der Waals surface area contributed by atoms with Gasteiger partial charge in [0.15, 0.2) is 0 Å². The van der Waals surface area contributed by atoms with Crippen LogP contribution in [0.3, 0.4) is 0 Å². The van der Waals surface area contributed by atoms with Crippen molar-refractivity contribution in [1.29, 1.82) is 0 Å². The minimum absolute atomic E-state index is 0.170. The van der Waals surface area contributed by atoms with Crippen LogP contribution in [-0.4, -0.2) is 45.0 Å². The number of hydrogen-bond acceptors (Lipinski definition) is 6. The molecule has 0 aliphatic carbocycles. The van der Waals surface area contributed by atoms with E-state index in [2.05, 4.69) is 52.1 Å². The van der Waals surface area contributed by atoms with Crippen molar-refractivity contribution < 1.29 is 4.79 Å². The van der Waals surface area contributed by atoms with Gasteiger partial charge >= 0.3 is 0 Å². The van der Waals surface area contributed by atoms with Gasteiger partial charge in [-0.1, -0.05) is 23.5 Å². The molecule has 3 heterocycles. The van der Waals surface area contributed by atoms with E-state index in [4.69, 9.17) is 0 Å². The van der Waals surface area contributed by atoms with E-state index in [0.29, 0.717) is 18.2 Å². The minimum atomic E-state index is 0.170. The highest BCUT2D eigenvalue weighted by Crippen LogP contribution is 2.27. The van der Waals surface area contributed by atoms with E-state index < -0.39 is 0 Å². The smallest absolute Gasteiger partial charge is 0.147 e. The van der Waals surface area contributed by atoms with Gasteiger partial charge in [-0.05, 0) is 64.2 Å². The topological polar surface area (TPSA) is 59.0 Å². The first-order valence-corrected chi connectivity index (χ1v) is 10.8. The summed E-state index contributed by atoms with van der Waals surface area (Å²) in [5.74, 6) is 0.495. The van der Waals surface area contributed by atoms with E-state index in [1.807, 2.05) is 19.2 Å². The predicted molar refractivity (Wildman–Crippen MR) is 114 cm³/mol. The fourth-order valence-corrected chi connectivity index (χ4v) is 4.58. The molecule has 0 unspecified atom stereocenters. The maximum atomic E-state index is 12.8. The summed E-state index contributed by atoms with van der Waals surface area (Å²) in [4.78, 5) is 19.8. The van der Waals surface area contributed by atoms with Gasteiger partial charge in [0.1, 0.15) is 15.8 Å². The number of carbonyl (C=O) groups is 1. The lowest BCUT2D eigenvalue weighted by Gasteiger charge is -2.33. The van der Waals surface area contributed by atoms with Gasteiger partial charge in [-0.2, -0.15) is 0 Å². The molecule has 1 aliphatic rings. The van der Waals surface area contributed by atoms with Crippen molar-refractivity contribution in [3.05, 3.63) is 41.2 Å². The number of aromatic nitrogens is 3. The van der Waals surface area contributed by atoms with E-state index >= 15 is 0 Å². The zero-order valence-corrected chi connectivity index (χ0v) is 17.5. The molecule has 6 heteroatoms. The number of carbonyl (C=O) groups excluding carboxylic acids is 1. The van der Waals surface area contributed by atoms with Crippen LogP contribution >= 0.6 is 11.3 Å². The Morgan fingerprint density at radius 1 is 1.18 bits per heavy atom. The third kappa shape index (κ3) is 4.13. The van der Waals surface area contributed by atoms with Gasteiger partial charge in [0.05, 0.1) is 0 Å². The van der Waals surface area contributed by atoms with Crippen molar-refractivity contribution in [1.82, 2.24) is 20.1 Å². The predicted octanol–water partition coefficient (Wildman–Crippen LogP) is 4.29. The monoisotopic (exact) mass is 394 g/mol. The van der Waals surface area contributed by atoms with Gasteiger partial charge in [0, 0.05) is 41.2 Å².